The van der Waals surface area contributed by atoms with Gasteiger partial charge in [0.25, 0.3) is 5.91 Å². The maximum absolute atomic E-state index is 12.9. The number of carbonyl (C=O) groups is 1. The van der Waals surface area contributed by atoms with Gasteiger partial charge < -0.3 is 9.42 Å². The molecule has 3 rings (SSSR count). The van der Waals surface area contributed by atoms with Crippen molar-refractivity contribution in [2.45, 2.75) is 24.1 Å². The molecule has 0 saturated heterocycles. The topological polar surface area (TPSA) is 59.2 Å². The standard InChI is InChI=1S/C19H18ClN3O2S/c1-13-21-18(25-22-13)12-26-17-9-4-3-8-16(17)19(24)23(2)11-14-6-5-7-15(20)10-14/h3-10H,11-12H2,1-2H3. The van der Waals surface area contributed by atoms with Crippen molar-refractivity contribution in [3.63, 3.8) is 0 Å². The molecule has 0 atom stereocenters. The Hall–Kier alpha value is -2.31. The molecule has 0 saturated carbocycles. The zero-order chi connectivity index (χ0) is 18.5. The Morgan fingerprint density at radius 3 is 2.77 bits per heavy atom. The lowest BCUT2D eigenvalue weighted by Crippen LogP contribution is -2.26. The molecule has 1 heterocycles. The summed E-state index contributed by atoms with van der Waals surface area (Å²) in [7, 11) is 1.78. The maximum Gasteiger partial charge on any atom is 0.255 e. The van der Waals surface area contributed by atoms with Gasteiger partial charge in [-0.05, 0) is 36.8 Å². The first-order valence-corrected chi connectivity index (χ1v) is 9.40. The number of benzene rings is 2. The number of aromatic nitrogens is 2. The van der Waals surface area contributed by atoms with Crippen LogP contribution in [0.25, 0.3) is 0 Å². The van der Waals surface area contributed by atoms with Gasteiger partial charge in [0.15, 0.2) is 5.82 Å². The summed E-state index contributed by atoms with van der Waals surface area (Å²) in [5.74, 6) is 1.62. The number of thioether (sulfide) groups is 1. The summed E-state index contributed by atoms with van der Waals surface area (Å²) < 4.78 is 5.13. The second kappa shape index (κ2) is 8.38. The minimum absolute atomic E-state index is 0.0465. The van der Waals surface area contributed by atoms with E-state index in [4.69, 9.17) is 16.1 Å². The smallest absolute Gasteiger partial charge is 0.255 e. The minimum Gasteiger partial charge on any atom is -0.338 e. The Labute approximate surface area is 161 Å². The van der Waals surface area contributed by atoms with Crippen molar-refractivity contribution in [3.8, 4) is 0 Å². The Morgan fingerprint density at radius 1 is 1.23 bits per heavy atom. The van der Waals surface area contributed by atoms with E-state index in [0.29, 0.717) is 34.6 Å². The molecule has 0 bridgehead atoms. The summed E-state index contributed by atoms with van der Waals surface area (Å²) in [5, 5.41) is 4.44. The quantitative estimate of drug-likeness (QED) is 0.578. The average molecular weight is 388 g/mol. The van der Waals surface area contributed by atoms with E-state index < -0.39 is 0 Å². The van der Waals surface area contributed by atoms with Crippen molar-refractivity contribution in [2.24, 2.45) is 0 Å². The Bertz CT molecular complexity index is 913. The van der Waals surface area contributed by atoms with Gasteiger partial charge in [-0.2, -0.15) is 4.98 Å². The number of hydrogen-bond acceptors (Lipinski definition) is 5. The lowest BCUT2D eigenvalue weighted by atomic mass is 10.1. The Balaban J connectivity index is 1.72. The molecule has 0 aliphatic heterocycles. The van der Waals surface area contributed by atoms with E-state index >= 15 is 0 Å². The fourth-order valence-electron chi connectivity index (χ4n) is 2.49. The van der Waals surface area contributed by atoms with Gasteiger partial charge in [-0.25, -0.2) is 0 Å². The number of halogens is 1. The summed E-state index contributed by atoms with van der Waals surface area (Å²) >= 11 is 7.53. The largest absolute Gasteiger partial charge is 0.338 e. The summed E-state index contributed by atoms with van der Waals surface area (Å²) in [6, 6.07) is 15.0. The fraction of sp³-hybridized carbons (Fsp3) is 0.211. The van der Waals surface area contributed by atoms with Gasteiger partial charge in [0, 0.05) is 23.5 Å². The van der Waals surface area contributed by atoms with Crippen LogP contribution in [0.4, 0.5) is 0 Å². The van der Waals surface area contributed by atoms with E-state index in [-0.39, 0.29) is 5.91 Å². The predicted octanol–water partition coefficient (Wildman–Crippen LogP) is 4.60. The monoisotopic (exact) mass is 387 g/mol. The van der Waals surface area contributed by atoms with E-state index in [2.05, 4.69) is 10.1 Å². The minimum atomic E-state index is -0.0465. The SMILES string of the molecule is Cc1noc(CSc2ccccc2C(=O)N(C)Cc2cccc(Cl)c2)n1. The van der Waals surface area contributed by atoms with Crippen LogP contribution in [0, 0.1) is 6.92 Å². The van der Waals surface area contributed by atoms with E-state index in [1.165, 1.54) is 11.8 Å². The molecule has 0 spiro atoms. The van der Waals surface area contributed by atoms with Crippen molar-refractivity contribution >= 4 is 29.3 Å². The van der Waals surface area contributed by atoms with Crippen LogP contribution in [0.1, 0.15) is 27.6 Å². The van der Waals surface area contributed by atoms with Crippen molar-refractivity contribution in [1.29, 1.82) is 0 Å². The van der Waals surface area contributed by atoms with Gasteiger partial charge in [0.1, 0.15) is 0 Å². The van der Waals surface area contributed by atoms with E-state index in [0.717, 1.165) is 10.5 Å². The van der Waals surface area contributed by atoms with Crippen LogP contribution >= 0.6 is 23.4 Å². The predicted molar refractivity (Wildman–Crippen MR) is 102 cm³/mol. The molecule has 7 heteroatoms. The second-order valence-corrected chi connectivity index (χ2v) is 7.26. The first kappa shape index (κ1) is 18.5. The fourth-order valence-corrected chi connectivity index (χ4v) is 3.59. The number of amides is 1. The van der Waals surface area contributed by atoms with Gasteiger partial charge in [-0.1, -0.05) is 41.0 Å². The highest BCUT2D eigenvalue weighted by Gasteiger charge is 2.17. The van der Waals surface area contributed by atoms with Gasteiger partial charge in [0.2, 0.25) is 5.89 Å². The molecule has 5 nitrogen and oxygen atoms in total. The molecule has 0 unspecified atom stereocenters. The zero-order valence-electron chi connectivity index (χ0n) is 14.5. The number of hydrogen-bond donors (Lipinski definition) is 0. The lowest BCUT2D eigenvalue weighted by Gasteiger charge is -2.19. The Morgan fingerprint density at radius 2 is 2.04 bits per heavy atom. The van der Waals surface area contributed by atoms with Gasteiger partial charge >= 0.3 is 0 Å². The number of aryl methyl sites for hydroxylation is 1. The van der Waals surface area contributed by atoms with E-state index in [1.807, 2.05) is 48.5 Å². The molecule has 3 aromatic rings. The normalized spacial score (nSPS) is 10.7. The molecule has 26 heavy (non-hydrogen) atoms. The van der Waals surface area contributed by atoms with Crippen molar-refractivity contribution < 1.29 is 9.32 Å². The summed E-state index contributed by atoms with van der Waals surface area (Å²) in [4.78, 5) is 19.7. The van der Waals surface area contributed by atoms with Crippen molar-refractivity contribution in [2.75, 3.05) is 7.05 Å². The molecule has 1 aromatic heterocycles. The molecule has 0 radical (unpaired) electrons. The van der Waals surface area contributed by atoms with Gasteiger partial charge in [-0.15, -0.1) is 11.8 Å². The van der Waals surface area contributed by atoms with E-state index in [9.17, 15) is 4.79 Å². The Kier molecular flexibility index (Phi) is 5.96. The molecular weight excluding hydrogens is 370 g/mol. The number of carbonyl (C=O) groups excluding carboxylic acids is 1. The average Bonchev–Trinajstić information content (AvgIpc) is 3.05. The van der Waals surface area contributed by atoms with Gasteiger partial charge in [0.05, 0.1) is 11.3 Å². The number of rotatable bonds is 6. The lowest BCUT2D eigenvalue weighted by molar-refractivity contribution is 0.0781. The van der Waals surface area contributed by atoms with Crippen LogP contribution in [-0.4, -0.2) is 28.0 Å². The molecule has 0 aliphatic carbocycles. The molecule has 0 N–H and O–H groups in total. The third-order valence-electron chi connectivity index (χ3n) is 3.69. The maximum atomic E-state index is 12.9. The molecular formula is C19H18ClN3O2S. The molecule has 0 aliphatic rings. The van der Waals surface area contributed by atoms with Crippen LogP contribution in [-0.2, 0) is 12.3 Å². The molecule has 134 valence electrons. The molecule has 1 amide bonds. The van der Waals surface area contributed by atoms with Crippen LogP contribution in [0.15, 0.2) is 57.9 Å². The number of nitrogens with zero attached hydrogens (tertiary/aromatic N) is 3. The molecule has 2 aromatic carbocycles. The summed E-state index contributed by atoms with van der Waals surface area (Å²) in [5.41, 5.74) is 1.64. The highest BCUT2D eigenvalue weighted by atomic mass is 35.5. The third-order valence-corrected chi connectivity index (χ3v) is 4.99. The van der Waals surface area contributed by atoms with Crippen LogP contribution < -0.4 is 0 Å². The van der Waals surface area contributed by atoms with Gasteiger partial charge in [-0.3, -0.25) is 4.79 Å². The first-order chi connectivity index (χ1) is 12.5. The van der Waals surface area contributed by atoms with Crippen molar-refractivity contribution in [1.82, 2.24) is 15.0 Å². The zero-order valence-corrected chi connectivity index (χ0v) is 16.0. The van der Waals surface area contributed by atoms with Crippen molar-refractivity contribution in [3.05, 3.63) is 76.4 Å². The molecule has 0 fully saturated rings. The van der Waals surface area contributed by atoms with E-state index in [1.54, 1.807) is 18.9 Å². The summed E-state index contributed by atoms with van der Waals surface area (Å²) in [6.07, 6.45) is 0. The highest BCUT2D eigenvalue weighted by Crippen LogP contribution is 2.27. The second-order valence-electron chi connectivity index (χ2n) is 5.81. The summed E-state index contributed by atoms with van der Waals surface area (Å²) in [6.45, 7) is 2.27. The van der Waals surface area contributed by atoms with Crippen LogP contribution in [0.3, 0.4) is 0 Å². The van der Waals surface area contributed by atoms with Crippen LogP contribution in [0.2, 0.25) is 5.02 Å². The highest BCUT2D eigenvalue weighted by molar-refractivity contribution is 7.98. The first-order valence-electron chi connectivity index (χ1n) is 8.04. The third kappa shape index (κ3) is 4.65. The van der Waals surface area contributed by atoms with Crippen LogP contribution in [0.5, 0.6) is 0 Å².